The van der Waals surface area contributed by atoms with Crippen LogP contribution in [0.3, 0.4) is 0 Å². The van der Waals surface area contributed by atoms with Crippen molar-refractivity contribution in [2.24, 2.45) is 0 Å². The lowest BCUT2D eigenvalue weighted by molar-refractivity contribution is -0.136. The van der Waals surface area contributed by atoms with Crippen molar-refractivity contribution >= 4 is 38.4 Å². The summed E-state index contributed by atoms with van der Waals surface area (Å²) in [5.74, 6) is -1.69. The van der Waals surface area contributed by atoms with E-state index in [0.29, 0.717) is 5.56 Å². The number of carbonyl (C=O) groups is 2. The van der Waals surface area contributed by atoms with Crippen LogP contribution in [0.5, 0.6) is 0 Å². The van der Waals surface area contributed by atoms with Gasteiger partial charge in [0.2, 0.25) is 0 Å². The average molecular weight is 577 g/mol. The molecule has 0 radical (unpaired) electrons. The number of nitrogens with zero attached hydrogens (tertiary/aromatic N) is 1. The van der Waals surface area contributed by atoms with Crippen molar-refractivity contribution in [2.75, 3.05) is 4.72 Å². The standard InChI is InChI=1S/C30H19F3N2O5S/c31-30(32,33)25-11-5-10-23-26(24(17-34-27(23)25)28(36)18-6-2-1-3-7-18)20-8-4-9-21(16-20)35-41(39,40)22-14-12-19(13-15-22)29(37)38/h1-17,35H,(H,37,38). The number of nitrogens with one attached hydrogen (secondary N) is 1. The number of anilines is 1. The summed E-state index contributed by atoms with van der Waals surface area (Å²) in [5, 5.41) is 9.13. The van der Waals surface area contributed by atoms with Gasteiger partial charge in [-0.2, -0.15) is 13.2 Å². The van der Waals surface area contributed by atoms with E-state index in [1.54, 1.807) is 36.4 Å². The topological polar surface area (TPSA) is 113 Å². The first-order chi connectivity index (χ1) is 19.5. The lowest BCUT2D eigenvalue weighted by Crippen LogP contribution is -2.13. The third kappa shape index (κ3) is 5.52. The molecule has 0 unspecified atom stereocenters. The van der Waals surface area contributed by atoms with Gasteiger partial charge in [0.1, 0.15) is 0 Å². The Morgan fingerprint density at radius 2 is 1.49 bits per heavy atom. The van der Waals surface area contributed by atoms with Crippen molar-refractivity contribution in [3.05, 3.63) is 126 Å². The minimum atomic E-state index is -4.71. The molecule has 7 nitrogen and oxygen atoms in total. The molecule has 0 fully saturated rings. The van der Waals surface area contributed by atoms with Crippen LogP contribution >= 0.6 is 0 Å². The highest BCUT2D eigenvalue weighted by atomic mass is 32.2. The van der Waals surface area contributed by atoms with Crippen molar-refractivity contribution in [3.8, 4) is 11.1 Å². The van der Waals surface area contributed by atoms with Crippen LogP contribution in [0.25, 0.3) is 22.0 Å². The minimum Gasteiger partial charge on any atom is -0.478 e. The lowest BCUT2D eigenvalue weighted by Gasteiger charge is -2.17. The molecule has 0 aliphatic rings. The maximum atomic E-state index is 13.8. The Labute approximate surface area is 232 Å². The van der Waals surface area contributed by atoms with Crippen molar-refractivity contribution in [1.29, 1.82) is 0 Å². The molecular formula is C30H19F3N2O5S. The van der Waals surface area contributed by atoms with Gasteiger partial charge < -0.3 is 5.11 Å². The Morgan fingerprint density at radius 1 is 0.805 bits per heavy atom. The Hall–Kier alpha value is -5.03. The summed E-state index contributed by atoms with van der Waals surface area (Å²) in [6.45, 7) is 0. The predicted molar refractivity (Wildman–Crippen MR) is 146 cm³/mol. The number of benzene rings is 4. The first kappa shape index (κ1) is 27.5. The van der Waals surface area contributed by atoms with E-state index < -0.39 is 33.5 Å². The number of rotatable bonds is 7. The molecule has 0 spiro atoms. The molecule has 0 bridgehead atoms. The van der Waals surface area contributed by atoms with Crippen molar-refractivity contribution in [3.63, 3.8) is 0 Å². The van der Waals surface area contributed by atoms with E-state index in [-0.39, 0.29) is 43.7 Å². The smallest absolute Gasteiger partial charge is 0.418 e. The van der Waals surface area contributed by atoms with Gasteiger partial charge in [0, 0.05) is 34.0 Å². The van der Waals surface area contributed by atoms with Crippen LogP contribution in [0.15, 0.2) is 108 Å². The van der Waals surface area contributed by atoms with Crippen LogP contribution in [0, 0.1) is 0 Å². The number of ketones is 1. The number of hydrogen-bond acceptors (Lipinski definition) is 5. The number of carbonyl (C=O) groups excluding carboxylic acids is 1. The molecular weight excluding hydrogens is 557 g/mol. The number of aromatic carboxylic acids is 1. The molecule has 0 atom stereocenters. The summed E-state index contributed by atoms with van der Waals surface area (Å²) >= 11 is 0. The molecule has 2 N–H and O–H groups in total. The van der Waals surface area contributed by atoms with E-state index in [0.717, 1.165) is 36.5 Å². The Kier molecular flexibility index (Phi) is 7.06. The van der Waals surface area contributed by atoms with Crippen LogP contribution in [0.1, 0.15) is 31.8 Å². The van der Waals surface area contributed by atoms with Crippen LogP contribution in [-0.4, -0.2) is 30.3 Å². The number of hydrogen-bond donors (Lipinski definition) is 2. The quantitative estimate of drug-likeness (QED) is 0.210. The van der Waals surface area contributed by atoms with Gasteiger partial charge in [0.15, 0.2) is 5.78 Å². The first-order valence-electron chi connectivity index (χ1n) is 12.0. The van der Waals surface area contributed by atoms with E-state index in [9.17, 15) is 31.2 Å². The van der Waals surface area contributed by atoms with Crippen LogP contribution in [-0.2, 0) is 16.2 Å². The van der Waals surface area contributed by atoms with Crippen LogP contribution < -0.4 is 4.72 Å². The molecule has 1 aromatic heterocycles. The van der Waals surface area contributed by atoms with Crippen molar-refractivity contribution < 1.29 is 36.3 Å². The number of carboxylic acids is 1. The average Bonchev–Trinajstić information content (AvgIpc) is 2.95. The fraction of sp³-hybridized carbons (Fsp3) is 0.0333. The van der Waals surface area contributed by atoms with Gasteiger partial charge in [-0.3, -0.25) is 14.5 Å². The highest BCUT2D eigenvalue weighted by Gasteiger charge is 2.34. The summed E-state index contributed by atoms with van der Waals surface area (Å²) in [7, 11) is -4.16. The highest BCUT2D eigenvalue weighted by Crippen LogP contribution is 2.39. The zero-order valence-electron chi connectivity index (χ0n) is 20.9. The van der Waals surface area contributed by atoms with Gasteiger partial charge >= 0.3 is 12.1 Å². The van der Waals surface area contributed by atoms with Gasteiger partial charge in [-0.25, -0.2) is 13.2 Å². The minimum absolute atomic E-state index is 0.0345. The second kappa shape index (κ2) is 10.5. The second-order valence-electron chi connectivity index (χ2n) is 8.96. The summed E-state index contributed by atoms with van der Waals surface area (Å²) in [4.78, 5) is 28.5. The molecule has 0 saturated heterocycles. The van der Waals surface area contributed by atoms with Crippen molar-refractivity contribution in [2.45, 2.75) is 11.1 Å². The van der Waals surface area contributed by atoms with Gasteiger partial charge in [-0.1, -0.05) is 54.6 Å². The molecule has 11 heteroatoms. The van der Waals surface area contributed by atoms with E-state index in [2.05, 4.69) is 9.71 Å². The fourth-order valence-corrected chi connectivity index (χ4v) is 5.46. The number of alkyl halides is 3. The van der Waals surface area contributed by atoms with E-state index >= 15 is 0 Å². The molecule has 41 heavy (non-hydrogen) atoms. The maximum absolute atomic E-state index is 13.8. The van der Waals surface area contributed by atoms with Gasteiger partial charge in [0.25, 0.3) is 10.0 Å². The highest BCUT2D eigenvalue weighted by molar-refractivity contribution is 7.92. The second-order valence-corrected chi connectivity index (χ2v) is 10.6. The Morgan fingerprint density at radius 3 is 2.15 bits per heavy atom. The predicted octanol–water partition coefficient (Wildman–Crippen LogP) is 6.65. The summed E-state index contributed by atoms with van der Waals surface area (Å²) < 4.78 is 69.9. The monoisotopic (exact) mass is 576 g/mol. The number of pyridine rings is 1. The zero-order chi connectivity index (χ0) is 29.4. The van der Waals surface area contributed by atoms with Gasteiger partial charge in [-0.15, -0.1) is 0 Å². The summed E-state index contributed by atoms with van der Waals surface area (Å²) in [6.07, 6.45) is -3.61. The van der Waals surface area contributed by atoms with Crippen molar-refractivity contribution in [1.82, 2.24) is 4.98 Å². The zero-order valence-corrected chi connectivity index (χ0v) is 21.7. The number of sulfonamides is 1. The molecule has 206 valence electrons. The molecule has 1 heterocycles. The Bertz CT molecular complexity index is 1910. The van der Waals surface area contributed by atoms with Crippen LogP contribution in [0.4, 0.5) is 18.9 Å². The third-order valence-electron chi connectivity index (χ3n) is 6.30. The largest absolute Gasteiger partial charge is 0.478 e. The number of fused-ring (bicyclic) bond motifs is 1. The van der Waals surface area contributed by atoms with E-state index in [4.69, 9.17) is 5.11 Å². The summed E-state index contributed by atoms with van der Waals surface area (Å²) in [5.41, 5.74) is -0.597. The number of para-hydroxylation sites is 1. The molecule has 0 aliphatic carbocycles. The lowest BCUT2D eigenvalue weighted by atomic mass is 9.91. The van der Waals surface area contributed by atoms with E-state index in [1.165, 1.54) is 30.3 Å². The number of aromatic nitrogens is 1. The molecule has 4 aromatic carbocycles. The number of carboxylic acid groups (broad SMARTS) is 1. The maximum Gasteiger partial charge on any atom is 0.418 e. The number of halogens is 3. The molecule has 0 amide bonds. The summed E-state index contributed by atoms with van der Waals surface area (Å²) in [6, 6.07) is 22.2. The molecule has 0 aliphatic heterocycles. The molecule has 5 aromatic rings. The Balaban J connectivity index is 1.65. The molecule has 5 rings (SSSR count). The first-order valence-corrected chi connectivity index (χ1v) is 13.5. The van der Waals surface area contributed by atoms with E-state index in [1.807, 2.05) is 0 Å². The third-order valence-corrected chi connectivity index (χ3v) is 7.70. The van der Waals surface area contributed by atoms with Crippen LogP contribution in [0.2, 0.25) is 0 Å². The SMILES string of the molecule is O=C(O)c1ccc(S(=O)(=O)Nc2cccc(-c3c(C(=O)c4ccccc4)cnc4c(C(F)(F)F)cccc34)c2)cc1. The van der Waals surface area contributed by atoms with Gasteiger partial charge in [0.05, 0.1) is 21.5 Å². The molecule has 0 saturated carbocycles. The fourth-order valence-electron chi connectivity index (χ4n) is 4.41. The van der Waals surface area contributed by atoms with Gasteiger partial charge in [-0.05, 0) is 48.0 Å². The normalized spacial score (nSPS) is 11.8.